The molecule has 2 nitrogen and oxygen atoms in total. The van der Waals surface area contributed by atoms with Gasteiger partial charge in [0.2, 0.25) is 0 Å². The lowest BCUT2D eigenvalue weighted by Gasteiger charge is -2.01. The second-order valence-corrected chi connectivity index (χ2v) is 2.33. The molecule has 0 aliphatic rings. The van der Waals surface area contributed by atoms with Gasteiger partial charge in [-0.2, -0.15) is 0 Å². The van der Waals surface area contributed by atoms with E-state index < -0.39 is 5.97 Å². The number of carboxylic acid groups (broad SMARTS) is 1. The van der Waals surface area contributed by atoms with Gasteiger partial charge in [0.05, 0.1) is 0 Å². The molecule has 11 heavy (non-hydrogen) atoms. The fraction of sp³-hybridized carbons (Fsp3) is 0.444. The Morgan fingerprint density at radius 1 is 1.55 bits per heavy atom. The molecule has 0 fully saturated rings. The van der Waals surface area contributed by atoms with Gasteiger partial charge >= 0.3 is 5.97 Å². The zero-order chi connectivity index (χ0) is 8.85. The fourth-order valence-corrected chi connectivity index (χ4v) is 0.989. The minimum absolute atomic E-state index is 0.836. The molecule has 0 aliphatic heterocycles. The first-order chi connectivity index (χ1) is 5.11. The van der Waals surface area contributed by atoms with Crippen molar-refractivity contribution in [3.63, 3.8) is 0 Å². The number of aliphatic carboxylic acids is 1. The summed E-state index contributed by atoms with van der Waals surface area (Å²) in [7, 11) is 0. The fourth-order valence-electron chi connectivity index (χ4n) is 0.989. The second-order valence-electron chi connectivity index (χ2n) is 2.33. The average Bonchev–Trinajstić information content (AvgIpc) is 1.88. The van der Waals surface area contributed by atoms with E-state index in [-0.39, 0.29) is 0 Å². The summed E-state index contributed by atoms with van der Waals surface area (Å²) in [5, 5.41) is 8.42. The van der Waals surface area contributed by atoms with Gasteiger partial charge in [-0.15, -0.1) is 0 Å². The molecule has 62 valence electrons. The quantitative estimate of drug-likeness (QED) is 0.500. The van der Waals surface area contributed by atoms with E-state index in [1.165, 1.54) is 6.08 Å². The third kappa shape index (κ3) is 3.61. The van der Waals surface area contributed by atoms with Gasteiger partial charge in [0.25, 0.3) is 0 Å². The predicted octanol–water partition coefficient (Wildman–Crippen LogP) is 2.37. The Kier molecular flexibility index (Phi) is 4.27. The molecule has 0 saturated carbocycles. The van der Waals surface area contributed by atoms with Crippen LogP contribution < -0.4 is 0 Å². The van der Waals surface area contributed by atoms with Gasteiger partial charge in [-0.05, 0) is 31.4 Å². The Morgan fingerprint density at radius 2 is 2.09 bits per heavy atom. The van der Waals surface area contributed by atoms with Crippen molar-refractivity contribution in [3.05, 3.63) is 23.3 Å². The average molecular weight is 154 g/mol. The molecule has 2 heteroatoms. The first-order valence-corrected chi connectivity index (χ1v) is 3.68. The monoisotopic (exact) mass is 154 g/mol. The van der Waals surface area contributed by atoms with Crippen molar-refractivity contribution in [3.8, 4) is 0 Å². The molecule has 0 aromatic heterocycles. The molecule has 0 spiro atoms. The highest BCUT2D eigenvalue weighted by Gasteiger charge is 1.97. The Labute approximate surface area is 67.2 Å². The SMILES string of the molecule is C/C=C(CC)/C(C)=C/C(=O)O. The number of carbonyl (C=O) groups is 1. The predicted molar refractivity (Wildman–Crippen MR) is 45.4 cm³/mol. The normalized spacial score (nSPS) is 13.4. The van der Waals surface area contributed by atoms with Gasteiger partial charge in [0, 0.05) is 6.08 Å². The summed E-state index contributed by atoms with van der Waals surface area (Å²) in [6.45, 7) is 5.74. The van der Waals surface area contributed by atoms with Gasteiger partial charge in [-0.1, -0.05) is 13.0 Å². The van der Waals surface area contributed by atoms with Crippen LogP contribution in [0.15, 0.2) is 23.3 Å². The van der Waals surface area contributed by atoms with Gasteiger partial charge in [-0.25, -0.2) is 4.79 Å². The van der Waals surface area contributed by atoms with Crippen LogP contribution >= 0.6 is 0 Å². The lowest BCUT2D eigenvalue weighted by Crippen LogP contribution is -1.92. The van der Waals surface area contributed by atoms with Crippen LogP contribution in [0.1, 0.15) is 27.2 Å². The zero-order valence-corrected chi connectivity index (χ0v) is 7.22. The third-order valence-corrected chi connectivity index (χ3v) is 1.58. The molecule has 0 bridgehead atoms. The molecular formula is C9H14O2. The minimum atomic E-state index is -0.879. The number of hydrogen-bond donors (Lipinski definition) is 1. The Bertz CT molecular complexity index is 200. The van der Waals surface area contributed by atoms with Crippen LogP contribution in [0.2, 0.25) is 0 Å². The van der Waals surface area contributed by atoms with Crippen LogP contribution in [0.4, 0.5) is 0 Å². The summed E-state index contributed by atoms with van der Waals surface area (Å²) < 4.78 is 0. The highest BCUT2D eigenvalue weighted by Crippen LogP contribution is 2.11. The molecule has 1 N–H and O–H groups in total. The van der Waals surface area contributed by atoms with Crippen molar-refractivity contribution in [1.82, 2.24) is 0 Å². The number of carboxylic acids is 1. The first-order valence-electron chi connectivity index (χ1n) is 3.68. The molecular weight excluding hydrogens is 140 g/mol. The third-order valence-electron chi connectivity index (χ3n) is 1.58. The van der Waals surface area contributed by atoms with Crippen molar-refractivity contribution in [1.29, 1.82) is 0 Å². The van der Waals surface area contributed by atoms with Crippen LogP contribution in [0.25, 0.3) is 0 Å². The highest BCUT2D eigenvalue weighted by molar-refractivity contribution is 5.81. The van der Waals surface area contributed by atoms with Gasteiger partial charge < -0.3 is 5.11 Å². The summed E-state index contributed by atoms with van der Waals surface area (Å²) in [6, 6.07) is 0. The van der Waals surface area contributed by atoms with Crippen LogP contribution in [-0.2, 0) is 4.79 Å². The first kappa shape index (κ1) is 9.95. The van der Waals surface area contributed by atoms with Crippen molar-refractivity contribution >= 4 is 5.97 Å². The van der Waals surface area contributed by atoms with Gasteiger partial charge in [-0.3, -0.25) is 0 Å². The largest absolute Gasteiger partial charge is 0.478 e. The maximum absolute atomic E-state index is 10.2. The molecule has 0 aromatic carbocycles. The maximum Gasteiger partial charge on any atom is 0.328 e. The number of rotatable bonds is 3. The molecule has 0 radical (unpaired) electrons. The maximum atomic E-state index is 10.2. The van der Waals surface area contributed by atoms with Gasteiger partial charge in [0.15, 0.2) is 0 Å². The molecule has 0 rings (SSSR count). The molecule has 0 heterocycles. The van der Waals surface area contributed by atoms with Crippen molar-refractivity contribution in [2.75, 3.05) is 0 Å². The smallest absolute Gasteiger partial charge is 0.328 e. The van der Waals surface area contributed by atoms with Crippen LogP contribution in [-0.4, -0.2) is 11.1 Å². The van der Waals surface area contributed by atoms with Crippen LogP contribution in [0, 0.1) is 0 Å². The number of hydrogen-bond acceptors (Lipinski definition) is 1. The van der Waals surface area contributed by atoms with Crippen molar-refractivity contribution in [2.24, 2.45) is 0 Å². The molecule has 0 aliphatic carbocycles. The van der Waals surface area contributed by atoms with Gasteiger partial charge in [0.1, 0.15) is 0 Å². The lowest BCUT2D eigenvalue weighted by atomic mass is 10.1. The lowest BCUT2D eigenvalue weighted by molar-refractivity contribution is -0.131. The van der Waals surface area contributed by atoms with E-state index >= 15 is 0 Å². The minimum Gasteiger partial charge on any atom is -0.478 e. The van der Waals surface area contributed by atoms with E-state index in [2.05, 4.69) is 0 Å². The summed E-state index contributed by atoms with van der Waals surface area (Å²) in [5.41, 5.74) is 1.93. The van der Waals surface area contributed by atoms with E-state index in [1.807, 2.05) is 26.8 Å². The summed E-state index contributed by atoms with van der Waals surface area (Å²) in [5.74, 6) is -0.879. The van der Waals surface area contributed by atoms with Crippen molar-refractivity contribution < 1.29 is 9.90 Å². The zero-order valence-electron chi connectivity index (χ0n) is 7.22. The molecule has 0 saturated heterocycles. The second kappa shape index (κ2) is 4.72. The van der Waals surface area contributed by atoms with Crippen LogP contribution in [0.3, 0.4) is 0 Å². The molecule has 0 aromatic rings. The summed E-state index contributed by atoms with van der Waals surface area (Å²) >= 11 is 0. The molecule has 0 atom stereocenters. The summed E-state index contributed by atoms with van der Waals surface area (Å²) in [6.07, 6.45) is 4.06. The van der Waals surface area contributed by atoms with E-state index in [9.17, 15) is 4.79 Å². The Hall–Kier alpha value is -1.05. The van der Waals surface area contributed by atoms with E-state index in [4.69, 9.17) is 5.11 Å². The highest BCUT2D eigenvalue weighted by atomic mass is 16.4. The Morgan fingerprint density at radius 3 is 2.36 bits per heavy atom. The van der Waals surface area contributed by atoms with E-state index in [0.29, 0.717) is 0 Å². The standard InChI is InChI=1S/C9H14O2/c1-4-8(5-2)7(3)6-9(10)11/h4,6H,5H2,1-3H3,(H,10,11)/b7-6+,8-4+. The Balaban J connectivity index is 4.45. The van der Waals surface area contributed by atoms with E-state index in [0.717, 1.165) is 17.6 Å². The molecule has 0 unspecified atom stereocenters. The summed E-state index contributed by atoms with van der Waals surface area (Å²) in [4.78, 5) is 10.2. The van der Waals surface area contributed by atoms with E-state index in [1.54, 1.807) is 0 Å². The number of allylic oxidation sites excluding steroid dienone is 3. The topological polar surface area (TPSA) is 37.3 Å². The molecule has 0 amide bonds. The van der Waals surface area contributed by atoms with Crippen molar-refractivity contribution in [2.45, 2.75) is 27.2 Å². The van der Waals surface area contributed by atoms with Crippen LogP contribution in [0.5, 0.6) is 0 Å².